The van der Waals surface area contributed by atoms with E-state index in [0.29, 0.717) is 18.0 Å². The first-order valence-electron chi connectivity index (χ1n) is 9.06. The van der Waals surface area contributed by atoms with Gasteiger partial charge in [-0.3, -0.25) is 19.3 Å². The molecule has 4 amide bonds. The molecule has 150 valence electrons. The van der Waals surface area contributed by atoms with Crippen molar-refractivity contribution in [2.75, 3.05) is 31.6 Å². The summed E-state index contributed by atoms with van der Waals surface area (Å²) in [7, 11) is 1.52. The molecule has 28 heavy (non-hydrogen) atoms. The van der Waals surface area contributed by atoms with Crippen molar-refractivity contribution in [2.45, 2.75) is 26.4 Å². The van der Waals surface area contributed by atoms with Crippen LogP contribution in [0.25, 0.3) is 0 Å². The Bertz CT molecular complexity index is 824. The third-order valence-electron chi connectivity index (χ3n) is 4.85. The topological polar surface area (TPSA) is 105 Å². The van der Waals surface area contributed by atoms with Crippen molar-refractivity contribution in [3.63, 3.8) is 0 Å². The molecule has 9 heteroatoms. The van der Waals surface area contributed by atoms with E-state index in [9.17, 15) is 19.2 Å². The number of hydrogen-bond donors (Lipinski definition) is 1. The molecule has 2 saturated heterocycles. The van der Waals surface area contributed by atoms with Crippen LogP contribution < -0.4 is 15.0 Å². The first-order chi connectivity index (χ1) is 13.3. The molecular weight excluding hydrogens is 366 g/mol. The zero-order valence-corrected chi connectivity index (χ0v) is 16.1. The van der Waals surface area contributed by atoms with E-state index in [1.807, 2.05) is 19.1 Å². The number of esters is 1. The quantitative estimate of drug-likeness (QED) is 0.748. The number of urea groups is 1. The zero-order chi connectivity index (χ0) is 20.4. The van der Waals surface area contributed by atoms with Gasteiger partial charge in [0, 0.05) is 26.1 Å². The fraction of sp³-hybridized carbons (Fsp3) is 0.474. The molecule has 0 saturated carbocycles. The molecule has 0 bridgehead atoms. The maximum absolute atomic E-state index is 12.5. The summed E-state index contributed by atoms with van der Waals surface area (Å²) in [6.45, 7) is 4.07. The molecular formula is C19H23N3O6. The summed E-state index contributed by atoms with van der Waals surface area (Å²) in [4.78, 5) is 51.3. The number of rotatable bonds is 5. The normalized spacial score (nSPS) is 20.2. The number of benzene rings is 1. The summed E-state index contributed by atoms with van der Waals surface area (Å²) in [6.07, 6.45) is -1.12. The number of methoxy groups -OCH3 is 1. The van der Waals surface area contributed by atoms with Crippen LogP contribution >= 0.6 is 0 Å². The van der Waals surface area contributed by atoms with E-state index in [-0.39, 0.29) is 25.4 Å². The molecule has 1 aromatic rings. The van der Waals surface area contributed by atoms with Crippen LogP contribution in [0, 0.1) is 12.8 Å². The molecule has 2 atom stereocenters. The number of nitrogens with one attached hydrogen (secondary N) is 1. The Morgan fingerprint density at radius 2 is 2.04 bits per heavy atom. The van der Waals surface area contributed by atoms with Gasteiger partial charge in [0.25, 0.3) is 5.91 Å². The second kappa shape index (κ2) is 7.87. The monoisotopic (exact) mass is 389 g/mol. The Balaban J connectivity index is 1.66. The molecule has 0 unspecified atom stereocenters. The maximum Gasteiger partial charge on any atom is 0.324 e. The Labute approximate surface area is 162 Å². The van der Waals surface area contributed by atoms with Crippen LogP contribution in [0.3, 0.4) is 0 Å². The van der Waals surface area contributed by atoms with Gasteiger partial charge in [-0.2, -0.15) is 0 Å². The van der Waals surface area contributed by atoms with Crippen LogP contribution in [0.1, 0.15) is 18.9 Å². The number of aryl methyl sites for hydroxylation is 1. The number of hydrogen-bond acceptors (Lipinski definition) is 6. The van der Waals surface area contributed by atoms with Gasteiger partial charge in [0.1, 0.15) is 5.75 Å². The summed E-state index contributed by atoms with van der Waals surface area (Å²) in [5.41, 5.74) is 1.55. The number of anilines is 1. The molecule has 0 spiro atoms. The molecule has 0 aliphatic carbocycles. The van der Waals surface area contributed by atoms with Crippen LogP contribution in [0.5, 0.6) is 5.75 Å². The van der Waals surface area contributed by atoms with E-state index in [0.717, 1.165) is 10.5 Å². The lowest BCUT2D eigenvalue weighted by Crippen LogP contribution is -2.42. The SMILES string of the molecule is COc1ccc(C)cc1N1C[C@H](C(=O)O[C@H](C)C(=O)N2CCNC2=O)CC1=O. The summed E-state index contributed by atoms with van der Waals surface area (Å²) >= 11 is 0. The highest BCUT2D eigenvalue weighted by Crippen LogP contribution is 2.34. The molecule has 2 aliphatic rings. The minimum atomic E-state index is -1.10. The average Bonchev–Trinajstić information content (AvgIpc) is 3.26. The van der Waals surface area contributed by atoms with Crippen LogP contribution in [0.15, 0.2) is 18.2 Å². The number of imide groups is 1. The molecule has 0 radical (unpaired) electrons. The van der Waals surface area contributed by atoms with Gasteiger partial charge >= 0.3 is 12.0 Å². The summed E-state index contributed by atoms with van der Waals surface area (Å²) in [5.74, 6) is -1.59. The average molecular weight is 389 g/mol. The molecule has 2 aliphatic heterocycles. The van der Waals surface area contributed by atoms with Gasteiger partial charge < -0.3 is 19.7 Å². The zero-order valence-electron chi connectivity index (χ0n) is 16.1. The number of nitrogens with zero attached hydrogens (tertiary/aromatic N) is 2. The van der Waals surface area contributed by atoms with E-state index >= 15 is 0 Å². The van der Waals surface area contributed by atoms with Crippen molar-refractivity contribution in [3.05, 3.63) is 23.8 Å². The number of amides is 4. The van der Waals surface area contributed by atoms with Crippen molar-refractivity contribution in [3.8, 4) is 5.75 Å². The Morgan fingerprint density at radius 3 is 2.68 bits per heavy atom. The van der Waals surface area contributed by atoms with Crippen molar-refractivity contribution in [2.24, 2.45) is 5.92 Å². The van der Waals surface area contributed by atoms with Crippen LogP contribution in [-0.2, 0) is 19.1 Å². The molecule has 9 nitrogen and oxygen atoms in total. The Morgan fingerprint density at radius 1 is 1.29 bits per heavy atom. The molecule has 1 aromatic carbocycles. The highest BCUT2D eigenvalue weighted by molar-refractivity contribution is 6.01. The summed E-state index contributed by atoms with van der Waals surface area (Å²) in [5, 5.41) is 2.52. The number of carbonyl (C=O) groups is 4. The van der Waals surface area contributed by atoms with E-state index in [1.54, 1.807) is 6.07 Å². The van der Waals surface area contributed by atoms with E-state index < -0.39 is 29.9 Å². The second-order valence-electron chi connectivity index (χ2n) is 6.88. The standard InChI is InChI=1S/C19H23N3O6/c1-11-4-5-15(27-3)14(8-11)22-10-13(9-16(22)23)18(25)28-12(2)17(24)21-7-6-20-19(21)26/h4-5,8,12-13H,6-7,9-10H2,1-3H3,(H,20,26)/t12-,13-/m1/s1. The first-order valence-corrected chi connectivity index (χ1v) is 9.06. The third-order valence-corrected chi connectivity index (χ3v) is 4.85. The lowest BCUT2D eigenvalue weighted by atomic mass is 10.1. The fourth-order valence-electron chi connectivity index (χ4n) is 3.33. The minimum Gasteiger partial charge on any atom is -0.495 e. The van der Waals surface area contributed by atoms with Gasteiger partial charge in [0.2, 0.25) is 5.91 Å². The van der Waals surface area contributed by atoms with Gasteiger partial charge in [-0.05, 0) is 31.5 Å². The van der Waals surface area contributed by atoms with Gasteiger partial charge in [-0.1, -0.05) is 6.07 Å². The first kappa shape index (κ1) is 19.7. The molecule has 2 heterocycles. The minimum absolute atomic E-state index is 0.0129. The predicted octanol–water partition coefficient (Wildman–Crippen LogP) is 0.840. The van der Waals surface area contributed by atoms with Crippen molar-refractivity contribution < 1.29 is 28.7 Å². The van der Waals surface area contributed by atoms with Crippen molar-refractivity contribution >= 4 is 29.5 Å². The van der Waals surface area contributed by atoms with E-state index in [1.165, 1.54) is 18.9 Å². The van der Waals surface area contributed by atoms with Crippen molar-refractivity contribution in [1.29, 1.82) is 0 Å². The molecule has 3 rings (SSSR count). The van der Waals surface area contributed by atoms with Crippen LogP contribution in [0.4, 0.5) is 10.5 Å². The number of carbonyl (C=O) groups excluding carboxylic acids is 4. The molecule has 1 N–H and O–H groups in total. The summed E-state index contributed by atoms with van der Waals surface area (Å²) < 4.78 is 10.6. The lowest BCUT2D eigenvalue weighted by molar-refractivity contribution is -0.160. The van der Waals surface area contributed by atoms with Gasteiger partial charge in [-0.25, -0.2) is 4.79 Å². The highest BCUT2D eigenvalue weighted by atomic mass is 16.5. The molecule has 2 fully saturated rings. The smallest absolute Gasteiger partial charge is 0.324 e. The Hall–Kier alpha value is -3.10. The van der Waals surface area contributed by atoms with Crippen LogP contribution in [0.2, 0.25) is 0 Å². The van der Waals surface area contributed by atoms with Crippen molar-refractivity contribution in [1.82, 2.24) is 10.2 Å². The second-order valence-corrected chi connectivity index (χ2v) is 6.88. The van der Waals surface area contributed by atoms with Gasteiger partial charge in [0.15, 0.2) is 6.10 Å². The largest absolute Gasteiger partial charge is 0.495 e. The number of ether oxygens (including phenoxy) is 2. The fourth-order valence-corrected chi connectivity index (χ4v) is 3.33. The van der Waals surface area contributed by atoms with Crippen LogP contribution in [-0.4, -0.2) is 61.6 Å². The molecule has 0 aromatic heterocycles. The van der Waals surface area contributed by atoms with Gasteiger partial charge in [0.05, 0.1) is 18.7 Å². The predicted molar refractivity (Wildman–Crippen MR) is 98.9 cm³/mol. The highest BCUT2D eigenvalue weighted by Gasteiger charge is 2.39. The lowest BCUT2D eigenvalue weighted by Gasteiger charge is -2.21. The van der Waals surface area contributed by atoms with E-state index in [4.69, 9.17) is 9.47 Å². The summed E-state index contributed by atoms with van der Waals surface area (Å²) in [6, 6.07) is 4.96. The third kappa shape index (κ3) is 3.78. The Kier molecular flexibility index (Phi) is 5.53. The van der Waals surface area contributed by atoms with E-state index in [2.05, 4.69) is 5.32 Å². The maximum atomic E-state index is 12.5. The van der Waals surface area contributed by atoms with Gasteiger partial charge in [-0.15, -0.1) is 0 Å².